The van der Waals surface area contributed by atoms with Gasteiger partial charge in [-0.15, -0.1) is 12.4 Å². The highest BCUT2D eigenvalue weighted by Gasteiger charge is 2.31. The lowest BCUT2D eigenvalue weighted by molar-refractivity contribution is -0.143. The number of halogens is 1. The fourth-order valence-corrected chi connectivity index (χ4v) is 2.52. The molecule has 0 bridgehead atoms. The van der Waals surface area contributed by atoms with E-state index in [0.717, 1.165) is 25.7 Å². The molecule has 2 atom stereocenters. The smallest absolute Gasteiger partial charge is 0.242 e. The number of nitrogens with zero attached hydrogens (tertiary/aromatic N) is 1. The van der Waals surface area contributed by atoms with E-state index in [9.17, 15) is 9.59 Å². The Balaban J connectivity index is 0.00000400. The fraction of sp³-hybridized carbons (Fsp3) is 0.867. The summed E-state index contributed by atoms with van der Waals surface area (Å²) in [5.41, 5.74) is 5.68. The highest BCUT2D eigenvalue weighted by atomic mass is 35.5. The van der Waals surface area contributed by atoms with Crippen molar-refractivity contribution >= 4 is 24.2 Å². The quantitative estimate of drug-likeness (QED) is 0.749. The first-order chi connectivity index (χ1) is 9.41. The molecule has 0 aromatic heterocycles. The summed E-state index contributed by atoms with van der Waals surface area (Å²) in [6.07, 6.45) is 3.98. The predicted octanol–water partition coefficient (Wildman–Crippen LogP) is 1.69. The fourth-order valence-electron chi connectivity index (χ4n) is 2.52. The van der Waals surface area contributed by atoms with Gasteiger partial charge in [0.1, 0.15) is 6.04 Å². The second-order valence-corrected chi connectivity index (χ2v) is 6.25. The summed E-state index contributed by atoms with van der Waals surface area (Å²) in [5, 5.41) is 2.92. The first-order valence-corrected chi connectivity index (χ1v) is 7.74. The van der Waals surface area contributed by atoms with Crippen molar-refractivity contribution in [2.24, 2.45) is 11.7 Å². The summed E-state index contributed by atoms with van der Waals surface area (Å²) in [6, 6.07) is -0.244. The molecule has 6 heteroatoms. The Labute approximate surface area is 134 Å². The number of rotatable bonds is 7. The molecule has 0 aromatic carbocycles. The number of likely N-dealkylation sites (tertiary alicyclic amines) is 1. The van der Waals surface area contributed by atoms with E-state index in [2.05, 4.69) is 19.2 Å². The average molecular weight is 320 g/mol. The van der Waals surface area contributed by atoms with Gasteiger partial charge in [0.15, 0.2) is 0 Å². The van der Waals surface area contributed by atoms with Gasteiger partial charge in [0.2, 0.25) is 11.8 Å². The van der Waals surface area contributed by atoms with E-state index in [0.29, 0.717) is 25.4 Å². The van der Waals surface area contributed by atoms with Gasteiger partial charge in [-0.25, -0.2) is 0 Å². The van der Waals surface area contributed by atoms with Crippen molar-refractivity contribution in [2.45, 2.75) is 65.0 Å². The summed E-state index contributed by atoms with van der Waals surface area (Å²) in [7, 11) is 0. The molecule has 0 spiro atoms. The van der Waals surface area contributed by atoms with Gasteiger partial charge in [-0.2, -0.15) is 0 Å². The minimum Gasteiger partial charge on any atom is -0.354 e. The van der Waals surface area contributed by atoms with Crippen LogP contribution in [0.25, 0.3) is 0 Å². The number of nitrogens with one attached hydrogen (secondary N) is 1. The third-order valence-corrected chi connectivity index (χ3v) is 3.63. The van der Waals surface area contributed by atoms with Crippen molar-refractivity contribution in [2.75, 3.05) is 13.1 Å². The molecule has 2 amide bonds. The number of hydrogen-bond donors (Lipinski definition) is 2. The Kier molecular flexibility index (Phi) is 9.62. The Morgan fingerprint density at radius 1 is 1.33 bits per heavy atom. The number of amides is 2. The van der Waals surface area contributed by atoms with Gasteiger partial charge in [-0.05, 0) is 38.5 Å². The normalized spacial score (nSPS) is 18.1. The predicted molar refractivity (Wildman–Crippen MR) is 87.3 cm³/mol. The number of piperidine rings is 1. The maximum Gasteiger partial charge on any atom is 0.242 e. The van der Waals surface area contributed by atoms with Crippen molar-refractivity contribution in [1.29, 1.82) is 0 Å². The van der Waals surface area contributed by atoms with Crippen molar-refractivity contribution in [3.8, 4) is 0 Å². The van der Waals surface area contributed by atoms with Gasteiger partial charge in [-0.3, -0.25) is 9.59 Å². The molecule has 124 valence electrons. The summed E-state index contributed by atoms with van der Waals surface area (Å²) in [4.78, 5) is 26.2. The molecular formula is C15H30ClN3O2. The van der Waals surface area contributed by atoms with Gasteiger partial charge < -0.3 is 16.0 Å². The van der Waals surface area contributed by atoms with E-state index in [-0.39, 0.29) is 36.3 Å². The summed E-state index contributed by atoms with van der Waals surface area (Å²) >= 11 is 0. The minimum atomic E-state index is -0.323. The maximum absolute atomic E-state index is 12.4. The lowest BCUT2D eigenvalue weighted by atomic mass is 9.98. The number of carbonyl (C=O) groups excluding carboxylic acids is 2. The minimum absolute atomic E-state index is 0. The van der Waals surface area contributed by atoms with E-state index in [1.165, 1.54) is 0 Å². The molecule has 0 radical (unpaired) electrons. The molecule has 1 heterocycles. The Morgan fingerprint density at radius 2 is 2.00 bits per heavy atom. The maximum atomic E-state index is 12.4. The zero-order valence-corrected chi connectivity index (χ0v) is 14.2. The topological polar surface area (TPSA) is 75.4 Å². The number of hydrogen-bond acceptors (Lipinski definition) is 3. The Bertz CT molecular complexity index is 335. The standard InChI is InChI=1S/C15H29N3O2.ClH/c1-11(2)10-13(15(20)17-8-7-12(3)16)18-9-5-4-6-14(18)19;/h11-13H,4-10,16H2,1-3H3,(H,17,20);1H. The van der Waals surface area contributed by atoms with Crippen molar-refractivity contribution in [3.63, 3.8) is 0 Å². The molecule has 1 rings (SSSR count). The molecular weight excluding hydrogens is 290 g/mol. The van der Waals surface area contributed by atoms with E-state index >= 15 is 0 Å². The lowest BCUT2D eigenvalue weighted by Gasteiger charge is -2.34. The summed E-state index contributed by atoms with van der Waals surface area (Å²) < 4.78 is 0. The molecule has 2 unspecified atom stereocenters. The second-order valence-electron chi connectivity index (χ2n) is 6.25. The van der Waals surface area contributed by atoms with Crippen LogP contribution in [-0.4, -0.2) is 41.9 Å². The Hall–Kier alpha value is -0.810. The van der Waals surface area contributed by atoms with Crippen molar-refractivity contribution in [1.82, 2.24) is 10.2 Å². The average Bonchev–Trinajstić information content (AvgIpc) is 2.36. The third kappa shape index (κ3) is 7.14. The van der Waals surface area contributed by atoms with Gasteiger partial charge in [-0.1, -0.05) is 13.8 Å². The highest BCUT2D eigenvalue weighted by Crippen LogP contribution is 2.19. The van der Waals surface area contributed by atoms with Gasteiger partial charge in [0, 0.05) is 25.6 Å². The number of carbonyl (C=O) groups is 2. The van der Waals surface area contributed by atoms with E-state index < -0.39 is 0 Å². The summed E-state index contributed by atoms with van der Waals surface area (Å²) in [6.45, 7) is 7.36. The van der Waals surface area contributed by atoms with Gasteiger partial charge in [0.25, 0.3) is 0 Å². The third-order valence-electron chi connectivity index (χ3n) is 3.63. The summed E-state index contributed by atoms with van der Waals surface area (Å²) in [5.74, 6) is 0.466. The molecule has 1 fully saturated rings. The van der Waals surface area contributed by atoms with Crippen LogP contribution in [0.5, 0.6) is 0 Å². The zero-order chi connectivity index (χ0) is 15.1. The molecule has 5 nitrogen and oxygen atoms in total. The Morgan fingerprint density at radius 3 is 2.52 bits per heavy atom. The van der Waals surface area contributed by atoms with Crippen LogP contribution >= 0.6 is 12.4 Å². The van der Waals surface area contributed by atoms with E-state index in [4.69, 9.17) is 5.73 Å². The molecule has 1 saturated heterocycles. The molecule has 0 aliphatic carbocycles. The van der Waals surface area contributed by atoms with Crippen LogP contribution in [0, 0.1) is 5.92 Å². The lowest BCUT2D eigenvalue weighted by Crippen LogP contribution is -2.52. The molecule has 21 heavy (non-hydrogen) atoms. The van der Waals surface area contributed by atoms with E-state index in [1.54, 1.807) is 4.90 Å². The van der Waals surface area contributed by atoms with Crippen LogP contribution in [0.4, 0.5) is 0 Å². The van der Waals surface area contributed by atoms with Crippen LogP contribution in [0.2, 0.25) is 0 Å². The van der Waals surface area contributed by atoms with Crippen molar-refractivity contribution < 1.29 is 9.59 Å². The second kappa shape index (κ2) is 10.0. The van der Waals surface area contributed by atoms with Crippen LogP contribution in [0.3, 0.4) is 0 Å². The molecule has 1 aliphatic heterocycles. The van der Waals surface area contributed by atoms with Gasteiger partial charge >= 0.3 is 0 Å². The van der Waals surface area contributed by atoms with Crippen LogP contribution in [0.1, 0.15) is 52.9 Å². The van der Waals surface area contributed by atoms with Crippen LogP contribution in [-0.2, 0) is 9.59 Å². The van der Waals surface area contributed by atoms with Crippen molar-refractivity contribution in [3.05, 3.63) is 0 Å². The zero-order valence-electron chi connectivity index (χ0n) is 13.4. The van der Waals surface area contributed by atoms with E-state index in [1.807, 2.05) is 6.92 Å². The number of nitrogens with two attached hydrogens (primary N) is 1. The van der Waals surface area contributed by atoms with Crippen LogP contribution < -0.4 is 11.1 Å². The molecule has 0 saturated carbocycles. The molecule has 0 aromatic rings. The molecule has 3 N–H and O–H groups in total. The first kappa shape index (κ1) is 20.2. The van der Waals surface area contributed by atoms with Crippen LogP contribution in [0.15, 0.2) is 0 Å². The largest absolute Gasteiger partial charge is 0.354 e. The highest BCUT2D eigenvalue weighted by molar-refractivity contribution is 5.88. The molecule has 1 aliphatic rings. The SMILES string of the molecule is CC(C)CC(C(=O)NCCC(C)N)N1CCCCC1=O.Cl. The monoisotopic (exact) mass is 319 g/mol. The first-order valence-electron chi connectivity index (χ1n) is 7.74. The van der Waals surface area contributed by atoms with Gasteiger partial charge in [0.05, 0.1) is 0 Å².